The number of nitrogens with two attached hydrogens (primary N) is 1. The number of esters is 1. The Morgan fingerprint density at radius 3 is 2.50 bits per heavy atom. The summed E-state index contributed by atoms with van der Waals surface area (Å²) in [6.07, 6.45) is -1.91. The lowest BCUT2D eigenvalue weighted by molar-refractivity contribution is -0.156. The minimum atomic E-state index is -1.48. The predicted molar refractivity (Wildman–Crippen MR) is 56.1 cm³/mol. The molecule has 16 heavy (non-hydrogen) atoms. The second kappa shape index (κ2) is 5.87. The number of benzene rings is 1. The molecule has 0 bridgehead atoms. The summed E-state index contributed by atoms with van der Waals surface area (Å²) in [6, 6.07) is 9.03. The Bertz CT molecular complexity index is 364. The van der Waals surface area contributed by atoms with Crippen molar-refractivity contribution in [2.24, 2.45) is 5.73 Å². The zero-order chi connectivity index (χ0) is 12.0. The van der Waals surface area contributed by atoms with Crippen LogP contribution in [0.2, 0.25) is 0 Å². The number of ether oxygens (including phenoxy) is 1. The summed E-state index contributed by atoms with van der Waals surface area (Å²) in [5, 5.41) is 9.19. The summed E-state index contributed by atoms with van der Waals surface area (Å²) in [7, 11) is 0. The molecule has 0 saturated heterocycles. The molecular formula is C11H13NO4. The van der Waals surface area contributed by atoms with Crippen LogP contribution in [-0.2, 0) is 20.9 Å². The van der Waals surface area contributed by atoms with Crippen molar-refractivity contribution >= 4 is 11.9 Å². The number of carbonyl (C=O) groups is 2. The minimum absolute atomic E-state index is 0.0650. The van der Waals surface area contributed by atoms with Crippen molar-refractivity contribution in [1.82, 2.24) is 0 Å². The molecule has 3 N–H and O–H groups in total. The van der Waals surface area contributed by atoms with Crippen molar-refractivity contribution in [3.05, 3.63) is 35.9 Å². The number of amides is 1. The summed E-state index contributed by atoms with van der Waals surface area (Å²) in [5.74, 6) is -1.59. The van der Waals surface area contributed by atoms with E-state index in [1.54, 1.807) is 12.1 Å². The van der Waals surface area contributed by atoms with Gasteiger partial charge in [-0.3, -0.25) is 4.79 Å². The molecule has 86 valence electrons. The van der Waals surface area contributed by atoms with E-state index >= 15 is 0 Å². The number of rotatable bonds is 5. The molecule has 5 nitrogen and oxygen atoms in total. The quantitative estimate of drug-likeness (QED) is 0.686. The zero-order valence-corrected chi connectivity index (χ0v) is 8.63. The van der Waals surface area contributed by atoms with Gasteiger partial charge < -0.3 is 15.6 Å². The van der Waals surface area contributed by atoms with Crippen LogP contribution in [0.25, 0.3) is 0 Å². The molecule has 0 radical (unpaired) electrons. The van der Waals surface area contributed by atoms with Crippen LogP contribution in [0.3, 0.4) is 0 Å². The third-order valence-corrected chi connectivity index (χ3v) is 1.89. The van der Waals surface area contributed by atoms with Crippen LogP contribution in [0.5, 0.6) is 0 Å². The summed E-state index contributed by atoms with van der Waals surface area (Å²) in [4.78, 5) is 21.6. The Hall–Kier alpha value is -1.88. The topological polar surface area (TPSA) is 89.6 Å². The van der Waals surface area contributed by atoms with Gasteiger partial charge in [0.1, 0.15) is 6.61 Å². The first-order valence-electron chi connectivity index (χ1n) is 4.76. The fourth-order valence-electron chi connectivity index (χ4n) is 1.10. The SMILES string of the molecule is NC(=O)C[C@@H](O)C(=O)OCc1ccccc1. The van der Waals surface area contributed by atoms with Gasteiger partial charge in [0.15, 0.2) is 6.10 Å². The van der Waals surface area contributed by atoms with E-state index in [1.807, 2.05) is 18.2 Å². The number of primary amides is 1. The molecule has 5 heteroatoms. The van der Waals surface area contributed by atoms with Gasteiger partial charge in [-0.2, -0.15) is 0 Å². The third-order valence-electron chi connectivity index (χ3n) is 1.89. The lowest BCUT2D eigenvalue weighted by Crippen LogP contribution is -2.28. The number of hydrogen-bond acceptors (Lipinski definition) is 4. The van der Waals surface area contributed by atoms with E-state index in [0.29, 0.717) is 0 Å². The minimum Gasteiger partial charge on any atom is -0.459 e. The average Bonchev–Trinajstić information content (AvgIpc) is 2.26. The maximum Gasteiger partial charge on any atom is 0.335 e. The van der Waals surface area contributed by atoms with E-state index in [9.17, 15) is 14.7 Å². The van der Waals surface area contributed by atoms with E-state index in [0.717, 1.165) is 5.56 Å². The molecule has 1 aromatic carbocycles. The second-order valence-electron chi connectivity index (χ2n) is 3.28. The van der Waals surface area contributed by atoms with E-state index in [4.69, 9.17) is 10.5 Å². The molecule has 0 aromatic heterocycles. The van der Waals surface area contributed by atoms with Crippen LogP contribution < -0.4 is 5.73 Å². The second-order valence-corrected chi connectivity index (χ2v) is 3.28. The molecule has 0 aliphatic carbocycles. The highest BCUT2D eigenvalue weighted by molar-refractivity contribution is 5.83. The Morgan fingerprint density at radius 2 is 1.94 bits per heavy atom. The third kappa shape index (κ3) is 4.10. The molecule has 1 aromatic rings. The van der Waals surface area contributed by atoms with E-state index < -0.39 is 24.4 Å². The average molecular weight is 223 g/mol. The maximum absolute atomic E-state index is 11.2. The monoisotopic (exact) mass is 223 g/mol. The Morgan fingerprint density at radius 1 is 1.31 bits per heavy atom. The van der Waals surface area contributed by atoms with Gasteiger partial charge in [0.2, 0.25) is 5.91 Å². The van der Waals surface area contributed by atoms with Crippen molar-refractivity contribution in [1.29, 1.82) is 0 Å². The highest BCUT2D eigenvalue weighted by atomic mass is 16.5. The smallest absolute Gasteiger partial charge is 0.335 e. The molecule has 0 saturated carbocycles. The van der Waals surface area contributed by atoms with E-state index in [1.165, 1.54) is 0 Å². The molecule has 0 heterocycles. The maximum atomic E-state index is 11.2. The summed E-state index contributed by atoms with van der Waals surface area (Å²) in [6.45, 7) is 0.0650. The van der Waals surface area contributed by atoms with Crippen LogP contribution in [0, 0.1) is 0 Å². The number of aliphatic hydroxyl groups is 1. The Balaban J connectivity index is 2.38. The molecule has 0 aliphatic rings. The van der Waals surface area contributed by atoms with Gasteiger partial charge in [0, 0.05) is 0 Å². The Kier molecular flexibility index (Phi) is 4.47. The molecule has 0 fully saturated rings. The van der Waals surface area contributed by atoms with Crippen molar-refractivity contribution < 1.29 is 19.4 Å². The van der Waals surface area contributed by atoms with Crippen LogP contribution >= 0.6 is 0 Å². The fourth-order valence-corrected chi connectivity index (χ4v) is 1.10. The van der Waals surface area contributed by atoms with Gasteiger partial charge in [-0.05, 0) is 5.56 Å². The standard InChI is InChI=1S/C11H13NO4/c12-10(14)6-9(13)11(15)16-7-8-4-2-1-3-5-8/h1-5,9,13H,6-7H2,(H2,12,14)/t9-/m1/s1. The molecule has 1 amide bonds. The molecule has 0 aliphatic heterocycles. The van der Waals surface area contributed by atoms with Gasteiger partial charge >= 0.3 is 5.97 Å². The molecule has 1 rings (SSSR count). The van der Waals surface area contributed by atoms with Gasteiger partial charge in [-0.25, -0.2) is 4.79 Å². The molecule has 0 unspecified atom stereocenters. The number of carbonyl (C=O) groups excluding carboxylic acids is 2. The van der Waals surface area contributed by atoms with E-state index in [2.05, 4.69) is 0 Å². The highest BCUT2D eigenvalue weighted by Gasteiger charge is 2.18. The van der Waals surface area contributed by atoms with Gasteiger partial charge in [-0.15, -0.1) is 0 Å². The molecule has 0 spiro atoms. The predicted octanol–water partition coefficient (Wildman–Crippen LogP) is -0.0339. The lowest BCUT2D eigenvalue weighted by atomic mass is 10.2. The molecule has 1 atom stereocenters. The van der Waals surface area contributed by atoms with Crippen molar-refractivity contribution in [3.8, 4) is 0 Å². The normalized spacial score (nSPS) is 11.8. The summed E-state index contributed by atoms with van der Waals surface area (Å²) >= 11 is 0. The lowest BCUT2D eigenvalue weighted by Gasteiger charge is -2.08. The number of aliphatic hydroxyl groups excluding tert-OH is 1. The van der Waals surface area contributed by atoms with Crippen molar-refractivity contribution in [2.75, 3.05) is 0 Å². The van der Waals surface area contributed by atoms with Crippen LogP contribution in [0.15, 0.2) is 30.3 Å². The molecular weight excluding hydrogens is 210 g/mol. The van der Waals surface area contributed by atoms with Gasteiger partial charge in [-0.1, -0.05) is 30.3 Å². The summed E-state index contributed by atoms with van der Waals surface area (Å²) < 4.78 is 4.79. The largest absolute Gasteiger partial charge is 0.459 e. The summed E-state index contributed by atoms with van der Waals surface area (Å²) in [5.41, 5.74) is 5.64. The first-order chi connectivity index (χ1) is 7.59. The fraction of sp³-hybridized carbons (Fsp3) is 0.273. The zero-order valence-electron chi connectivity index (χ0n) is 8.63. The first kappa shape index (κ1) is 12.2. The van der Waals surface area contributed by atoms with E-state index in [-0.39, 0.29) is 6.61 Å². The van der Waals surface area contributed by atoms with Crippen LogP contribution in [-0.4, -0.2) is 23.1 Å². The van der Waals surface area contributed by atoms with Crippen LogP contribution in [0.4, 0.5) is 0 Å². The van der Waals surface area contributed by atoms with Crippen molar-refractivity contribution in [2.45, 2.75) is 19.1 Å². The van der Waals surface area contributed by atoms with Gasteiger partial charge in [0.25, 0.3) is 0 Å². The first-order valence-corrected chi connectivity index (χ1v) is 4.76. The highest BCUT2D eigenvalue weighted by Crippen LogP contribution is 2.03. The van der Waals surface area contributed by atoms with Crippen molar-refractivity contribution in [3.63, 3.8) is 0 Å². The number of hydrogen-bond donors (Lipinski definition) is 2. The van der Waals surface area contributed by atoms with Crippen LogP contribution in [0.1, 0.15) is 12.0 Å². The Labute approximate surface area is 92.8 Å². The van der Waals surface area contributed by atoms with Gasteiger partial charge in [0.05, 0.1) is 6.42 Å².